The van der Waals surface area contributed by atoms with Crippen LogP contribution in [0.1, 0.15) is 11.4 Å². The van der Waals surface area contributed by atoms with Gasteiger partial charge in [0.25, 0.3) is 0 Å². The summed E-state index contributed by atoms with van der Waals surface area (Å²) in [4.78, 5) is 29.1. The van der Waals surface area contributed by atoms with Gasteiger partial charge in [-0.1, -0.05) is 12.1 Å². The van der Waals surface area contributed by atoms with Crippen molar-refractivity contribution in [3.05, 3.63) is 60.2 Å². The highest BCUT2D eigenvalue weighted by Crippen LogP contribution is 2.01. The van der Waals surface area contributed by atoms with Crippen LogP contribution in [0.15, 0.2) is 48.8 Å². The molecule has 0 saturated heterocycles. The molecule has 0 saturated carbocycles. The van der Waals surface area contributed by atoms with Crippen LogP contribution in [-0.2, 0) is 22.6 Å². The molecule has 2 aromatic rings. The van der Waals surface area contributed by atoms with E-state index in [1.165, 1.54) is 0 Å². The van der Waals surface area contributed by atoms with E-state index in [0.717, 1.165) is 30.9 Å². The third-order valence-electron chi connectivity index (χ3n) is 2.82. The normalized spacial score (nSPS) is 9.83. The smallest absolute Gasteiger partial charge is 0.414 e. The van der Waals surface area contributed by atoms with E-state index in [1.54, 1.807) is 0 Å². The van der Waals surface area contributed by atoms with Gasteiger partial charge < -0.3 is 15.1 Å². The van der Waals surface area contributed by atoms with Crippen LogP contribution in [0.5, 0.6) is 0 Å². The summed E-state index contributed by atoms with van der Waals surface area (Å²) >= 11 is 0. The molecule has 0 aliphatic rings. The monoisotopic (exact) mass is 317 g/mol. The zero-order chi connectivity index (χ0) is 17.1. The van der Waals surface area contributed by atoms with E-state index in [-0.39, 0.29) is 0 Å². The molecule has 0 bridgehead atoms. The van der Waals surface area contributed by atoms with Crippen molar-refractivity contribution in [1.29, 1.82) is 0 Å². The van der Waals surface area contributed by atoms with Crippen molar-refractivity contribution in [2.45, 2.75) is 13.0 Å². The molecule has 122 valence electrons. The number of carboxylic acids is 2. The lowest BCUT2D eigenvalue weighted by Crippen LogP contribution is -2.21. The van der Waals surface area contributed by atoms with Gasteiger partial charge in [0, 0.05) is 37.6 Å². The average Bonchev–Trinajstić information content (AvgIpc) is 2.55. The standard InChI is InChI=1S/C14H17N3.C2H2O4/c1-17(12-14-7-3-5-10-16-14)11-8-13-6-2-4-9-15-13;3-1(4)2(5)6/h2-7,9-10H,8,11-12H2,1H3;(H,3,4)(H,5,6). The van der Waals surface area contributed by atoms with Gasteiger partial charge in [0.1, 0.15) is 0 Å². The SMILES string of the molecule is CN(CCc1ccccn1)Cc1ccccn1.O=C(O)C(=O)O. The first-order valence-electron chi connectivity index (χ1n) is 6.93. The van der Waals surface area contributed by atoms with E-state index in [4.69, 9.17) is 19.8 Å². The Kier molecular flexibility index (Phi) is 7.95. The van der Waals surface area contributed by atoms with Crippen LogP contribution in [0, 0.1) is 0 Å². The van der Waals surface area contributed by atoms with E-state index in [2.05, 4.69) is 34.0 Å². The first kappa shape index (κ1) is 18.2. The van der Waals surface area contributed by atoms with Gasteiger partial charge in [-0.3, -0.25) is 9.97 Å². The lowest BCUT2D eigenvalue weighted by molar-refractivity contribution is -0.159. The Hall–Kier alpha value is -2.80. The first-order valence-corrected chi connectivity index (χ1v) is 6.93. The Balaban J connectivity index is 0.000000379. The highest BCUT2D eigenvalue weighted by Gasteiger charge is 2.04. The topological polar surface area (TPSA) is 104 Å². The summed E-state index contributed by atoms with van der Waals surface area (Å²) in [6.07, 6.45) is 4.65. The van der Waals surface area contributed by atoms with Gasteiger partial charge in [0.15, 0.2) is 0 Å². The molecule has 0 amide bonds. The molecule has 0 aromatic carbocycles. The highest BCUT2D eigenvalue weighted by molar-refractivity contribution is 6.27. The molecule has 0 fully saturated rings. The number of aliphatic carboxylic acids is 2. The summed E-state index contributed by atoms with van der Waals surface area (Å²) in [5.74, 6) is -3.65. The van der Waals surface area contributed by atoms with Gasteiger partial charge in [-0.2, -0.15) is 0 Å². The van der Waals surface area contributed by atoms with Crippen LogP contribution in [0.4, 0.5) is 0 Å². The molecule has 0 aliphatic carbocycles. The first-order chi connectivity index (χ1) is 11.0. The van der Waals surface area contributed by atoms with E-state index in [1.807, 2.05) is 36.7 Å². The number of hydrogen-bond acceptors (Lipinski definition) is 5. The minimum atomic E-state index is -1.82. The van der Waals surface area contributed by atoms with Gasteiger partial charge >= 0.3 is 11.9 Å². The van der Waals surface area contributed by atoms with E-state index >= 15 is 0 Å². The van der Waals surface area contributed by atoms with Gasteiger partial charge in [-0.05, 0) is 31.3 Å². The van der Waals surface area contributed by atoms with Crippen molar-refractivity contribution in [2.24, 2.45) is 0 Å². The quantitative estimate of drug-likeness (QED) is 0.801. The van der Waals surface area contributed by atoms with E-state index < -0.39 is 11.9 Å². The molecule has 0 unspecified atom stereocenters. The predicted molar refractivity (Wildman–Crippen MR) is 83.8 cm³/mol. The van der Waals surface area contributed by atoms with Crippen LogP contribution >= 0.6 is 0 Å². The van der Waals surface area contributed by atoms with Crippen molar-refractivity contribution in [2.75, 3.05) is 13.6 Å². The molecule has 0 radical (unpaired) electrons. The molecule has 7 heteroatoms. The van der Waals surface area contributed by atoms with Crippen LogP contribution in [0.2, 0.25) is 0 Å². The van der Waals surface area contributed by atoms with Gasteiger partial charge in [0.05, 0.1) is 5.69 Å². The summed E-state index contributed by atoms with van der Waals surface area (Å²) in [5.41, 5.74) is 2.25. The third-order valence-corrected chi connectivity index (χ3v) is 2.82. The second-order valence-corrected chi connectivity index (χ2v) is 4.74. The van der Waals surface area contributed by atoms with E-state index in [0.29, 0.717) is 0 Å². The molecule has 2 aromatic heterocycles. The van der Waals surface area contributed by atoms with Gasteiger partial charge in [0.2, 0.25) is 0 Å². The summed E-state index contributed by atoms with van der Waals surface area (Å²) in [6, 6.07) is 12.1. The molecular formula is C16H19N3O4. The molecule has 2 heterocycles. The molecule has 23 heavy (non-hydrogen) atoms. The van der Waals surface area contributed by atoms with Gasteiger partial charge in [-0.15, -0.1) is 0 Å². The average molecular weight is 317 g/mol. The van der Waals surface area contributed by atoms with Crippen LogP contribution in [-0.4, -0.2) is 50.6 Å². The fourth-order valence-electron chi connectivity index (χ4n) is 1.70. The molecule has 7 nitrogen and oxygen atoms in total. The number of aromatic nitrogens is 2. The van der Waals surface area contributed by atoms with Gasteiger partial charge in [-0.25, -0.2) is 9.59 Å². The number of pyridine rings is 2. The Morgan fingerprint density at radius 2 is 1.48 bits per heavy atom. The van der Waals surface area contributed by atoms with Crippen LogP contribution < -0.4 is 0 Å². The maximum atomic E-state index is 9.10. The fourth-order valence-corrected chi connectivity index (χ4v) is 1.70. The second-order valence-electron chi connectivity index (χ2n) is 4.74. The summed E-state index contributed by atoms with van der Waals surface area (Å²) in [5, 5.41) is 14.8. The Morgan fingerprint density at radius 1 is 0.957 bits per heavy atom. The number of carbonyl (C=O) groups is 2. The Morgan fingerprint density at radius 3 is 1.91 bits per heavy atom. The number of nitrogens with zero attached hydrogens (tertiary/aromatic N) is 3. The zero-order valence-electron chi connectivity index (χ0n) is 12.8. The lowest BCUT2D eigenvalue weighted by Gasteiger charge is -2.15. The zero-order valence-corrected chi connectivity index (χ0v) is 12.8. The maximum absolute atomic E-state index is 9.10. The molecule has 2 rings (SSSR count). The summed E-state index contributed by atoms with van der Waals surface area (Å²) < 4.78 is 0. The summed E-state index contributed by atoms with van der Waals surface area (Å²) in [7, 11) is 2.11. The number of likely N-dealkylation sites (N-methyl/N-ethyl adjacent to an activating group) is 1. The summed E-state index contributed by atoms with van der Waals surface area (Å²) in [6.45, 7) is 1.88. The van der Waals surface area contributed by atoms with Crippen LogP contribution in [0.25, 0.3) is 0 Å². The molecule has 0 spiro atoms. The molecule has 2 N–H and O–H groups in total. The minimum absolute atomic E-state index is 0.883. The molecule has 0 aliphatic heterocycles. The largest absolute Gasteiger partial charge is 0.473 e. The van der Waals surface area contributed by atoms with Crippen molar-refractivity contribution < 1.29 is 19.8 Å². The number of hydrogen-bond donors (Lipinski definition) is 2. The lowest BCUT2D eigenvalue weighted by atomic mass is 10.2. The van der Waals surface area contributed by atoms with Crippen molar-refractivity contribution in [3.8, 4) is 0 Å². The fraction of sp³-hybridized carbons (Fsp3) is 0.250. The maximum Gasteiger partial charge on any atom is 0.414 e. The molecular weight excluding hydrogens is 298 g/mol. The number of rotatable bonds is 5. The van der Waals surface area contributed by atoms with E-state index in [9.17, 15) is 0 Å². The molecule has 0 atom stereocenters. The van der Waals surface area contributed by atoms with Crippen molar-refractivity contribution in [1.82, 2.24) is 14.9 Å². The third kappa shape index (κ3) is 8.27. The van der Waals surface area contributed by atoms with Crippen molar-refractivity contribution >= 4 is 11.9 Å². The Bertz CT molecular complexity index is 593. The van der Waals surface area contributed by atoms with Crippen molar-refractivity contribution in [3.63, 3.8) is 0 Å². The predicted octanol–water partition coefficient (Wildman–Crippen LogP) is 1.31. The second kappa shape index (κ2) is 10.0. The Labute approximate surface area is 134 Å². The number of carboxylic acid groups (broad SMARTS) is 2. The highest BCUT2D eigenvalue weighted by atomic mass is 16.4. The van der Waals surface area contributed by atoms with Crippen LogP contribution in [0.3, 0.4) is 0 Å². The minimum Gasteiger partial charge on any atom is -0.473 e.